The number of aromatic hydroxyl groups is 1. The first-order valence-electron chi connectivity index (χ1n) is 6.50. The molecule has 0 radical (unpaired) electrons. The van der Waals surface area contributed by atoms with Gasteiger partial charge in [0.15, 0.2) is 0 Å². The highest BCUT2D eigenvalue weighted by Gasteiger charge is 2.10. The molecule has 0 bridgehead atoms. The Hall–Kier alpha value is -1.77. The van der Waals surface area contributed by atoms with Crippen molar-refractivity contribution >= 4 is 0 Å². The molecular weight excluding hydrogens is 224 g/mol. The summed E-state index contributed by atoms with van der Waals surface area (Å²) in [6, 6.07) is 8.31. The lowest BCUT2D eigenvalue weighted by atomic mass is 10.0. The van der Waals surface area contributed by atoms with E-state index in [1.807, 2.05) is 12.1 Å². The fourth-order valence-electron chi connectivity index (χ4n) is 1.99. The second kappa shape index (κ2) is 5.25. The Morgan fingerprint density at radius 3 is 2.44 bits per heavy atom. The van der Waals surface area contributed by atoms with Crippen LogP contribution in [0.25, 0.3) is 11.4 Å². The number of aromatic amines is 1. The van der Waals surface area contributed by atoms with E-state index in [0.717, 1.165) is 29.9 Å². The molecule has 18 heavy (non-hydrogen) atoms. The first-order chi connectivity index (χ1) is 8.61. The number of aryl methyl sites for hydroxylation is 1. The largest absolute Gasteiger partial charge is 0.492 e. The van der Waals surface area contributed by atoms with Crippen LogP contribution >= 0.6 is 0 Å². The fourth-order valence-corrected chi connectivity index (χ4v) is 1.99. The van der Waals surface area contributed by atoms with Gasteiger partial charge in [-0.1, -0.05) is 51.5 Å². The van der Waals surface area contributed by atoms with Crippen LogP contribution in [0, 0.1) is 0 Å². The molecule has 2 aromatic rings. The molecule has 0 aliphatic carbocycles. The number of hydrogen-bond donors (Lipinski definition) is 2. The molecule has 2 rings (SSSR count). The molecule has 96 valence electrons. The second-order valence-electron chi connectivity index (χ2n) is 4.91. The van der Waals surface area contributed by atoms with Crippen molar-refractivity contribution in [3.05, 3.63) is 35.5 Å². The van der Waals surface area contributed by atoms with Gasteiger partial charge in [0.1, 0.15) is 5.82 Å². The van der Waals surface area contributed by atoms with Gasteiger partial charge in [-0.15, -0.1) is 0 Å². The van der Waals surface area contributed by atoms with E-state index in [9.17, 15) is 5.11 Å². The first-order valence-corrected chi connectivity index (χ1v) is 6.50. The molecule has 0 aliphatic rings. The highest BCUT2D eigenvalue weighted by molar-refractivity contribution is 5.57. The van der Waals surface area contributed by atoms with E-state index in [2.05, 4.69) is 42.9 Å². The lowest BCUT2D eigenvalue weighted by Gasteiger charge is -2.05. The van der Waals surface area contributed by atoms with Gasteiger partial charge < -0.3 is 10.1 Å². The number of hydrogen-bond acceptors (Lipinski definition) is 2. The van der Waals surface area contributed by atoms with Crippen molar-refractivity contribution in [3.63, 3.8) is 0 Å². The predicted octanol–water partition coefficient (Wildman–Crippen LogP) is 3.86. The van der Waals surface area contributed by atoms with Crippen LogP contribution in [0.2, 0.25) is 0 Å². The van der Waals surface area contributed by atoms with Gasteiger partial charge in [0.05, 0.1) is 5.69 Å². The molecule has 3 heteroatoms. The Bertz CT molecular complexity index is 512. The summed E-state index contributed by atoms with van der Waals surface area (Å²) in [6.07, 6.45) is 1.81. The SMILES string of the molecule is CCCc1[nH]c(-c2ccc(C(C)C)cc2)nc1O. The summed E-state index contributed by atoms with van der Waals surface area (Å²) >= 11 is 0. The Morgan fingerprint density at radius 1 is 1.22 bits per heavy atom. The van der Waals surface area contributed by atoms with Crippen LogP contribution in [-0.2, 0) is 6.42 Å². The number of imidazole rings is 1. The summed E-state index contributed by atoms with van der Waals surface area (Å²) in [6.45, 7) is 6.43. The van der Waals surface area contributed by atoms with Crippen molar-refractivity contribution in [3.8, 4) is 17.3 Å². The Kier molecular flexibility index (Phi) is 3.70. The zero-order valence-corrected chi connectivity index (χ0v) is 11.2. The summed E-state index contributed by atoms with van der Waals surface area (Å²) in [5, 5.41) is 9.72. The van der Waals surface area contributed by atoms with E-state index in [4.69, 9.17) is 0 Å². The number of rotatable bonds is 4. The summed E-state index contributed by atoms with van der Waals surface area (Å²) in [5.41, 5.74) is 3.14. The molecule has 0 spiro atoms. The molecule has 1 aromatic heterocycles. The van der Waals surface area contributed by atoms with Crippen LogP contribution in [0.5, 0.6) is 5.88 Å². The maximum Gasteiger partial charge on any atom is 0.232 e. The Balaban J connectivity index is 2.28. The van der Waals surface area contributed by atoms with Crippen molar-refractivity contribution in [2.24, 2.45) is 0 Å². The van der Waals surface area contributed by atoms with Gasteiger partial charge in [-0.3, -0.25) is 0 Å². The van der Waals surface area contributed by atoms with Crippen LogP contribution in [0.1, 0.15) is 44.4 Å². The topological polar surface area (TPSA) is 48.9 Å². The maximum absolute atomic E-state index is 9.72. The quantitative estimate of drug-likeness (QED) is 0.858. The number of nitrogens with one attached hydrogen (secondary N) is 1. The molecule has 0 saturated heterocycles. The van der Waals surface area contributed by atoms with E-state index >= 15 is 0 Å². The molecule has 0 saturated carbocycles. The van der Waals surface area contributed by atoms with Gasteiger partial charge in [0.25, 0.3) is 0 Å². The molecule has 3 nitrogen and oxygen atoms in total. The van der Waals surface area contributed by atoms with Gasteiger partial charge in [0.2, 0.25) is 5.88 Å². The van der Waals surface area contributed by atoms with Crippen molar-refractivity contribution in [1.82, 2.24) is 9.97 Å². The monoisotopic (exact) mass is 244 g/mol. The summed E-state index contributed by atoms with van der Waals surface area (Å²) < 4.78 is 0. The fraction of sp³-hybridized carbons (Fsp3) is 0.400. The molecule has 0 atom stereocenters. The third-order valence-electron chi connectivity index (χ3n) is 3.11. The lowest BCUT2D eigenvalue weighted by molar-refractivity contribution is 0.449. The van der Waals surface area contributed by atoms with Gasteiger partial charge in [-0.05, 0) is 17.9 Å². The highest BCUT2D eigenvalue weighted by atomic mass is 16.3. The van der Waals surface area contributed by atoms with E-state index in [0.29, 0.717) is 5.92 Å². The van der Waals surface area contributed by atoms with Gasteiger partial charge in [-0.2, -0.15) is 4.98 Å². The van der Waals surface area contributed by atoms with Crippen LogP contribution in [0.4, 0.5) is 0 Å². The van der Waals surface area contributed by atoms with Crippen LogP contribution in [-0.4, -0.2) is 15.1 Å². The summed E-state index contributed by atoms with van der Waals surface area (Å²) in [5.74, 6) is 1.39. The number of H-pyrrole nitrogens is 1. The molecule has 0 fully saturated rings. The maximum atomic E-state index is 9.72. The van der Waals surface area contributed by atoms with Gasteiger partial charge in [0, 0.05) is 5.56 Å². The zero-order valence-electron chi connectivity index (χ0n) is 11.2. The van der Waals surface area contributed by atoms with E-state index < -0.39 is 0 Å². The van der Waals surface area contributed by atoms with Crippen molar-refractivity contribution in [2.75, 3.05) is 0 Å². The average molecular weight is 244 g/mol. The first kappa shape index (κ1) is 12.7. The molecule has 1 heterocycles. The van der Waals surface area contributed by atoms with Gasteiger partial charge >= 0.3 is 0 Å². The summed E-state index contributed by atoms with van der Waals surface area (Å²) in [4.78, 5) is 7.36. The average Bonchev–Trinajstić information content (AvgIpc) is 2.72. The Morgan fingerprint density at radius 2 is 1.89 bits per heavy atom. The van der Waals surface area contributed by atoms with Crippen LogP contribution in [0.3, 0.4) is 0 Å². The smallest absolute Gasteiger partial charge is 0.232 e. The predicted molar refractivity (Wildman–Crippen MR) is 73.8 cm³/mol. The van der Waals surface area contributed by atoms with Crippen LogP contribution < -0.4 is 0 Å². The normalized spacial score (nSPS) is 11.1. The number of nitrogens with zero attached hydrogens (tertiary/aromatic N) is 1. The molecule has 1 aromatic carbocycles. The number of benzene rings is 1. The van der Waals surface area contributed by atoms with E-state index in [1.54, 1.807) is 0 Å². The van der Waals surface area contributed by atoms with Crippen molar-refractivity contribution in [2.45, 2.75) is 39.5 Å². The Labute approximate surface area is 108 Å². The minimum absolute atomic E-state index is 0.125. The second-order valence-corrected chi connectivity index (χ2v) is 4.91. The van der Waals surface area contributed by atoms with Crippen molar-refractivity contribution < 1.29 is 5.11 Å². The lowest BCUT2D eigenvalue weighted by Crippen LogP contribution is -1.88. The zero-order chi connectivity index (χ0) is 13.1. The molecule has 0 unspecified atom stereocenters. The van der Waals surface area contributed by atoms with E-state index in [-0.39, 0.29) is 5.88 Å². The minimum atomic E-state index is 0.125. The van der Waals surface area contributed by atoms with E-state index in [1.165, 1.54) is 5.56 Å². The number of aromatic nitrogens is 2. The third kappa shape index (κ3) is 2.55. The third-order valence-corrected chi connectivity index (χ3v) is 3.11. The molecule has 0 aliphatic heterocycles. The standard InChI is InChI=1S/C15H20N2O/c1-4-5-13-15(18)17-14(16-13)12-8-6-11(7-9-12)10(2)3/h6-10,18H,4-5H2,1-3H3,(H,16,17). The van der Waals surface area contributed by atoms with Crippen LogP contribution in [0.15, 0.2) is 24.3 Å². The minimum Gasteiger partial charge on any atom is -0.492 e. The molecular formula is C15H20N2O. The molecule has 0 amide bonds. The van der Waals surface area contributed by atoms with Crippen molar-refractivity contribution in [1.29, 1.82) is 0 Å². The van der Waals surface area contributed by atoms with Gasteiger partial charge in [-0.25, -0.2) is 0 Å². The summed E-state index contributed by atoms with van der Waals surface area (Å²) in [7, 11) is 0. The molecule has 2 N–H and O–H groups in total. The highest BCUT2D eigenvalue weighted by Crippen LogP contribution is 2.24.